The summed E-state index contributed by atoms with van der Waals surface area (Å²) in [5, 5.41) is 10.6. The van der Waals surface area contributed by atoms with Crippen molar-refractivity contribution in [1.29, 1.82) is 0 Å². The molecule has 0 saturated carbocycles. The van der Waals surface area contributed by atoms with E-state index in [-0.39, 0.29) is 25.7 Å². The number of hydrogen-bond acceptors (Lipinski definition) is 15. The number of carbonyl (C=O) groups is 4. The SMILES string of the molecule is CCC(C)CCCCCCCCCCCCC(=O)O[C@H](COC(=O)CCCCCCCCCCCCCCC(C)C)COP(=O)(O)OCC(O)COP(=O)(O)OC[C@@H](COC(=O)CCCCCCCCCC(C)C)OC(=O)CCCCCCCCC(C)C. The molecule has 0 heterocycles. The first-order valence-corrected chi connectivity index (χ1v) is 38.7. The predicted molar refractivity (Wildman–Crippen MR) is 354 cm³/mol. The van der Waals surface area contributed by atoms with Gasteiger partial charge in [-0.3, -0.25) is 37.3 Å². The van der Waals surface area contributed by atoms with E-state index in [0.717, 1.165) is 108 Å². The van der Waals surface area contributed by atoms with Gasteiger partial charge in [0.05, 0.1) is 26.4 Å². The molecule has 0 radical (unpaired) electrons. The maximum Gasteiger partial charge on any atom is 0.472 e. The number of phosphoric acid groups is 2. The zero-order chi connectivity index (χ0) is 65.4. The number of ether oxygens (including phenoxy) is 4. The van der Waals surface area contributed by atoms with Gasteiger partial charge in [-0.2, -0.15) is 0 Å². The molecule has 522 valence electrons. The van der Waals surface area contributed by atoms with E-state index in [1.165, 1.54) is 135 Å². The standard InChI is InChI=1S/C69H134O17P2/c1-9-62(8)48-40-32-23-17-14-15-19-25-35-43-51-68(73)85-64(55-79-66(71)49-41-33-24-18-13-11-10-12-16-21-29-37-45-59(2)3)57-83-87(75,76)81-53-63(70)54-82-88(77,78)84-58-65(86-69(74)52-44-36-28-27-31-39-47-61(6)7)56-80-67(72)50-42-34-26-20-22-30-38-46-60(4)5/h59-65,70H,9-58H2,1-8H3,(H,75,76)(H,77,78)/t62?,63?,64-,65-/m1/s1. The summed E-state index contributed by atoms with van der Waals surface area (Å²) in [6.45, 7) is 14.0. The molecule has 19 heteroatoms. The monoisotopic (exact) mass is 1300 g/mol. The molecular weight excluding hydrogens is 1160 g/mol. The fourth-order valence-electron chi connectivity index (χ4n) is 10.3. The Morgan fingerprint density at radius 1 is 0.318 bits per heavy atom. The van der Waals surface area contributed by atoms with E-state index in [1.807, 2.05) is 0 Å². The first-order chi connectivity index (χ1) is 42.1. The number of rotatable bonds is 66. The van der Waals surface area contributed by atoms with Crippen LogP contribution in [-0.4, -0.2) is 96.7 Å². The number of esters is 4. The van der Waals surface area contributed by atoms with Gasteiger partial charge in [0.1, 0.15) is 19.3 Å². The van der Waals surface area contributed by atoms with Gasteiger partial charge in [0.15, 0.2) is 12.2 Å². The van der Waals surface area contributed by atoms with Crippen molar-refractivity contribution in [2.45, 2.75) is 356 Å². The minimum absolute atomic E-state index is 0.101. The molecular formula is C69H134O17P2. The third kappa shape index (κ3) is 61.6. The summed E-state index contributed by atoms with van der Waals surface area (Å²) in [6.07, 6.45) is 40.5. The van der Waals surface area contributed by atoms with Gasteiger partial charge in [-0.05, 0) is 49.4 Å². The highest BCUT2D eigenvalue weighted by Crippen LogP contribution is 2.45. The van der Waals surface area contributed by atoms with Gasteiger partial charge < -0.3 is 33.8 Å². The fraction of sp³-hybridized carbons (Fsp3) is 0.942. The van der Waals surface area contributed by atoms with Crippen molar-refractivity contribution in [3.63, 3.8) is 0 Å². The van der Waals surface area contributed by atoms with Gasteiger partial charge >= 0.3 is 39.5 Å². The number of aliphatic hydroxyl groups is 1. The lowest BCUT2D eigenvalue weighted by atomic mass is 9.99. The zero-order valence-corrected chi connectivity index (χ0v) is 59.1. The molecule has 0 aliphatic heterocycles. The minimum Gasteiger partial charge on any atom is -0.462 e. The second kappa shape index (κ2) is 58.8. The van der Waals surface area contributed by atoms with Crippen molar-refractivity contribution in [3.05, 3.63) is 0 Å². The highest BCUT2D eigenvalue weighted by molar-refractivity contribution is 7.47. The molecule has 0 aromatic heterocycles. The third-order valence-electron chi connectivity index (χ3n) is 16.2. The summed E-state index contributed by atoms with van der Waals surface area (Å²) in [6, 6.07) is 0. The largest absolute Gasteiger partial charge is 0.472 e. The van der Waals surface area contributed by atoms with E-state index in [4.69, 9.17) is 37.0 Å². The highest BCUT2D eigenvalue weighted by Gasteiger charge is 2.30. The maximum atomic E-state index is 13.0. The topological polar surface area (TPSA) is 237 Å². The lowest BCUT2D eigenvalue weighted by Crippen LogP contribution is -2.30. The van der Waals surface area contributed by atoms with E-state index < -0.39 is 97.5 Å². The van der Waals surface area contributed by atoms with Crippen molar-refractivity contribution in [1.82, 2.24) is 0 Å². The van der Waals surface area contributed by atoms with E-state index in [2.05, 4.69) is 55.4 Å². The van der Waals surface area contributed by atoms with E-state index >= 15 is 0 Å². The Kier molecular flexibility index (Phi) is 57.6. The van der Waals surface area contributed by atoms with Crippen LogP contribution < -0.4 is 0 Å². The smallest absolute Gasteiger partial charge is 0.462 e. The molecule has 0 amide bonds. The van der Waals surface area contributed by atoms with Crippen LogP contribution in [0, 0.1) is 23.7 Å². The van der Waals surface area contributed by atoms with Gasteiger partial charge in [0, 0.05) is 25.7 Å². The third-order valence-corrected chi connectivity index (χ3v) is 18.1. The Morgan fingerprint density at radius 3 is 0.807 bits per heavy atom. The molecule has 0 rings (SSSR count). The Labute approximate surface area is 537 Å². The number of unbranched alkanes of at least 4 members (excludes halogenated alkanes) is 31. The van der Waals surface area contributed by atoms with Crippen LogP contribution in [0.3, 0.4) is 0 Å². The maximum absolute atomic E-state index is 13.0. The number of carbonyl (C=O) groups excluding carboxylic acids is 4. The fourth-order valence-corrected chi connectivity index (χ4v) is 11.9. The Bertz CT molecular complexity index is 1750. The van der Waals surface area contributed by atoms with Gasteiger partial charge in [-0.1, -0.05) is 287 Å². The van der Waals surface area contributed by atoms with Crippen molar-refractivity contribution < 1.29 is 80.2 Å². The summed E-state index contributed by atoms with van der Waals surface area (Å²) in [5.74, 6) is 0.824. The van der Waals surface area contributed by atoms with E-state index in [9.17, 15) is 43.2 Å². The molecule has 0 aliphatic carbocycles. The summed E-state index contributed by atoms with van der Waals surface area (Å²) in [7, 11) is -9.90. The molecule has 0 saturated heterocycles. The van der Waals surface area contributed by atoms with Crippen LogP contribution >= 0.6 is 15.6 Å². The van der Waals surface area contributed by atoms with Crippen LogP contribution in [0.4, 0.5) is 0 Å². The molecule has 3 N–H and O–H groups in total. The van der Waals surface area contributed by atoms with Crippen molar-refractivity contribution in [2.24, 2.45) is 23.7 Å². The zero-order valence-electron chi connectivity index (χ0n) is 57.3. The van der Waals surface area contributed by atoms with Gasteiger partial charge in [0.25, 0.3) is 0 Å². The lowest BCUT2D eigenvalue weighted by molar-refractivity contribution is -0.161. The Hall–Kier alpha value is -1.94. The molecule has 6 atom stereocenters. The molecule has 88 heavy (non-hydrogen) atoms. The molecule has 4 unspecified atom stereocenters. The summed E-state index contributed by atoms with van der Waals surface area (Å²) >= 11 is 0. The predicted octanol–water partition coefficient (Wildman–Crippen LogP) is 19.3. The van der Waals surface area contributed by atoms with Crippen LogP contribution in [0.15, 0.2) is 0 Å². The highest BCUT2D eigenvalue weighted by atomic mass is 31.2. The van der Waals surface area contributed by atoms with E-state index in [0.29, 0.717) is 37.5 Å². The summed E-state index contributed by atoms with van der Waals surface area (Å²) in [5.41, 5.74) is 0. The van der Waals surface area contributed by atoms with Gasteiger partial charge in [0.2, 0.25) is 0 Å². The van der Waals surface area contributed by atoms with Crippen LogP contribution in [0.5, 0.6) is 0 Å². The van der Waals surface area contributed by atoms with Crippen LogP contribution in [0.1, 0.15) is 338 Å². The average molecular weight is 1300 g/mol. The molecule has 17 nitrogen and oxygen atoms in total. The van der Waals surface area contributed by atoms with Crippen molar-refractivity contribution in [2.75, 3.05) is 39.6 Å². The Balaban J connectivity index is 5.24. The average Bonchev–Trinajstić information content (AvgIpc) is 3.66. The molecule has 0 aromatic rings. The van der Waals surface area contributed by atoms with Gasteiger partial charge in [-0.25, -0.2) is 9.13 Å². The minimum atomic E-state index is -4.95. The molecule has 0 fully saturated rings. The molecule has 0 spiro atoms. The van der Waals surface area contributed by atoms with Gasteiger partial charge in [-0.15, -0.1) is 0 Å². The molecule has 0 bridgehead atoms. The number of aliphatic hydroxyl groups excluding tert-OH is 1. The van der Waals surface area contributed by atoms with Crippen LogP contribution in [0.2, 0.25) is 0 Å². The normalized spacial score (nSPS) is 14.6. The van der Waals surface area contributed by atoms with E-state index in [1.54, 1.807) is 0 Å². The van der Waals surface area contributed by atoms with Crippen LogP contribution in [-0.2, 0) is 65.4 Å². The quantitative estimate of drug-likeness (QED) is 0.0222. The number of hydrogen-bond donors (Lipinski definition) is 3. The summed E-state index contributed by atoms with van der Waals surface area (Å²) in [4.78, 5) is 72.4. The second-order valence-electron chi connectivity index (χ2n) is 26.6. The molecule has 0 aliphatic rings. The molecule has 0 aromatic carbocycles. The van der Waals surface area contributed by atoms with Crippen molar-refractivity contribution in [3.8, 4) is 0 Å². The Morgan fingerprint density at radius 2 is 0.545 bits per heavy atom. The second-order valence-corrected chi connectivity index (χ2v) is 29.5. The van der Waals surface area contributed by atoms with Crippen LogP contribution in [0.25, 0.3) is 0 Å². The first kappa shape index (κ1) is 86.1. The number of phosphoric ester groups is 2. The summed E-state index contributed by atoms with van der Waals surface area (Å²) < 4.78 is 68.2. The lowest BCUT2D eigenvalue weighted by Gasteiger charge is -2.21. The van der Waals surface area contributed by atoms with Crippen molar-refractivity contribution >= 4 is 39.5 Å². The first-order valence-electron chi connectivity index (χ1n) is 35.7.